The lowest BCUT2D eigenvalue weighted by atomic mass is 10.2. The zero-order chi connectivity index (χ0) is 14.3. The molecule has 3 nitrogen and oxygen atoms in total. The number of hydrogen-bond acceptors (Lipinski definition) is 3. The van der Waals surface area contributed by atoms with Crippen molar-refractivity contribution < 1.29 is 8.95 Å². The molecule has 0 saturated carbocycles. The molecule has 2 unspecified atom stereocenters. The Morgan fingerprint density at radius 1 is 1.47 bits per heavy atom. The summed E-state index contributed by atoms with van der Waals surface area (Å²) in [6.07, 6.45) is 2.73. The van der Waals surface area contributed by atoms with Crippen LogP contribution in [0.2, 0.25) is 0 Å². The van der Waals surface area contributed by atoms with Crippen LogP contribution in [0, 0.1) is 0 Å². The van der Waals surface area contributed by atoms with Gasteiger partial charge < -0.3 is 10.1 Å². The van der Waals surface area contributed by atoms with E-state index in [4.69, 9.17) is 4.74 Å². The zero-order valence-corrected chi connectivity index (χ0v) is 14.1. The summed E-state index contributed by atoms with van der Waals surface area (Å²) in [5, 5.41) is 3.49. The number of hydrogen-bond donors (Lipinski definition) is 1. The highest BCUT2D eigenvalue weighted by molar-refractivity contribution is 9.10. The molecule has 0 heterocycles. The fourth-order valence-corrected chi connectivity index (χ4v) is 2.33. The Labute approximate surface area is 126 Å². The molecule has 0 saturated heterocycles. The van der Waals surface area contributed by atoms with Crippen molar-refractivity contribution in [2.24, 2.45) is 0 Å². The van der Waals surface area contributed by atoms with Gasteiger partial charge in [0.15, 0.2) is 0 Å². The van der Waals surface area contributed by atoms with Gasteiger partial charge in [-0.3, -0.25) is 4.21 Å². The summed E-state index contributed by atoms with van der Waals surface area (Å²) in [4.78, 5) is 0. The van der Waals surface area contributed by atoms with Crippen LogP contribution < -0.4 is 10.1 Å². The lowest BCUT2D eigenvalue weighted by Gasteiger charge is -2.14. The summed E-state index contributed by atoms with van der Waals surface area (Å²) in [7, 11) is -0.786. The number of nitrogens with one attached hydrogen (secondary N) is 1. The van der Waals surface area contributed by atoms with Crippen molar-refractivity contribution in [3.8, 4) is 5.75 Å². The van der Waals surface area contributed by atoms with Gasteiger partial charge >= 0.3 is 0 Å². The van der Waals surface area contributed by atoms with Crippen molar-refractivity contribution in [2.45, 2.75) is 32.1 Å². The molecule has 0 aromatic heterocycles. The highest BCUT2D eigenvalue weighted by atomic mass is 79.9. The SMILES string of the molecule is CCCOc1ccc(Br)cc1CNCC(C)S(C)=O. The van der Waals surface area contributed by atoms with Crippen LogP contribution in [0.25, 0.3) is 0 Å². The predicted octanol–water partition coefficient (Wildman–Crippen LogP) is 3.09. The molecule has 0 amide bonds. The van der Waals surface area contributed by atoms with Crippen LogP contribution in [0.4, 0.5) is 0 Å². The minimum absolute atomic E-state index is 0.159. The molecule has 1 aromatic rings. The Hall–Kier alpha value is -0.390. The molecule has 1 rings (SSSR count). The van der Waals surface area contributed by atoms with E-state index >= 15 is 0 Å². The van der Waals surface area contributed by atoms with Crippen molar-refractivity contribution in [1.29, 1.82) is 0 Å². The van der Waals surface area contributed by atoms with Gasteiger partial charge in [0.2, 0.25) is 0 Å². The molecule has 1 N–H and O–H groups in total. The molecule has 5 heteroatoms. The van der Waals surface area contributed by atoms with E-state index in [1.807, 2.05) is 19.1 Å². The van der Waals surface area contributed by atoms with Gasteiger partial charge in [-0.15, -0.1) is 0 Å². The van der Waals surface area contributed by atoms with Gasteiger partial charge in [0.05, 0.1) is 6.61 Å². The Bertz CT molecular complexity index is 426. The third-order valence-electron chi connectivity index (χ3n) is 2.80. The van der Waals surface area contributed by atoms with Crippen LogP contribution in [0.1, 0.15) is 25.8 Å². The minimum Gasteiger partial charge on any atom is -0.493 e. The van der Waals surface area contributed by atoms with E-state index in [9.17, 15) is 4.21 Å². The molecule has 0 aliphatic heterocycles. The van der Waals surface area contributed by atoms with E-state index in [0.717, 1.165) is 41.9 Å². The first-order valence-electron chi connectivity index (χ1n) is 6.48. The standard InChI is InChI=1S/C14H22BrNO2S/c1-4-7-18-14-6-5-13(15)8-12(14)10-16-9-11(2)19(3)17/h5-6,8,11,16H,4,7,9-10H2,1-3H3. The zero-order valence-electron chi connectivity index (χ0n) is 11.7. The van der Waals surface area contributed by atoms with Crippen LogP contribution in [0.15, 0.2) is 22.7 Å². The van der Waals surface area contributed by atoms with E-state index in [-0.39, 0.29) is 5.25 Å². The van der Waals surface area contributed by atoms with Crippen LogP contribution in [0.3, 0.4) is 0 Å². The maximum atomic E-state index is 11.3. The van der Waals surface area contributed by atoms with Crippen LogP contribution in [0.5, 0.6) is 5.75 Å². The van der Waals surface area contributed by atoms with Gasteiger partial charge in [-0.1, -0.05) is 22.9 Å². The molecule has 108 valence electrons. The van der Waals surface area contributed by atoms with Crippen molar-refractivity contribution in [2.75, 3.05) is 19.4 Å². The molecule has 0 fully saturated rings. The summed E-state index contributed by atoms with van der Waals surface area (Å²) in [5.41, 5.74) is 1.12. The average molecular weight is 348 g/mol. The largest absolute Gasteiger partial charge is 0.493 e. The van der Waals surface area contributed by atoms with E-state index in [2.05, 4.69) is 34.2 Å². The third kappa shape index (κ3) is 6.06. The monoisotopic (exact) mass is 347 g/mol. The second-order valence-corrected chi connectivity index (χ2v) is 7.26. The summed E-state index contributed by atoms with van der Waals surface area (Å²) < 4.78 is 18.1. The quantitative estimate of drug-likeness (QED) is 0.785. The van der Waals surface area contributed by atoms with Gasteiger partial charge in [0.25, 0.3) is 0 Å². The van der Waals surface area contributed by atoms with Gasteiger partial charge in [-0.25, -0.2) is 0 Å². The molecule has 0 bridgehead atoms. The first-order chi connectivity index (χ1) is 9.04. The fourth-order valence-electron chi connectivity index (χ4n) is 1.57. The number of benzene rings is 1. The summed E-state index contributed by atoms with van der Waals surface area (Å²) >= 11 is 3.48. The van der Waals surface area contributed by atoms with Crippen molar-refractivity contribution in [3.05, 3.63) is 28.2 Å². The van der Waals surface area contributed by atoms with Crippen molar-refractivity contribution in [3.63, 3.8) is 0 Å². The van der Waals surface area contributed by atoms with E-state index in [1.165, 1.54) is 0 Å². The second-order valence-electron chi connectivity index (χ2n) is 4.54. The molecular weight excluding hydrogens is 326 g/mol. The van der Waals surface area contributed by atoms with Gasteiger partial charge in [0.1, 0.15) is 5.75 Å². The molecule has 2 atom stereocenters. The summed E-state index contributed by atoms with van der Waals surface area (Å²) in [5.74, 6) is 0.919. The molecule has 0 radical (unpaired) electrons. The normalized spacial score (nSPS) is 14.1. The van der Waals surface area contributed by atoms with Gasteiger partial charge in [0, 0.05) is 45.4 Å². The highest BCUT2D eigenvalue weighted by Crippen LogP contribution is 2.23. The smallest absolute Gasteiger partial charge is 0.123 e. The van der Waals surface area contributed by atoms with Crippen LogP contribution >= 0.6 is 15.9 Å². The molecule has 0 aliphatic rings. The second kappa shape index (κ2) is 8.72. The minimum atomic E-state index is -0.786. The first kappa shape index (κ1) is 16.7. The Morgan fingerprint density at radius 3 is 2.84 bits per heavy atom. The molecular formula is C14H22BrNO2S. The molecule has 19 heavy (non-hydrogen) atoms. The van der Waals surface area contributed by atoms with E-state index < -0.39 is 10.8 Å². The number of ether oxygens (including phenoxy) is 1. The fraction of sp³-hybridized carbons (Fsp3) is 0.571. The third-order valence-corrected chi connectivity index (χ3v) is 4.59. The van der Waals surface area contributed by atoms with Crippen LogP contribution in [-0.2, 0) is 17.3 Å². The van der Waals surface area contributed by atoms with Crippen molar-refractivity contribution in [1.82, 2.24) is 5.32 Å². The van der Waals surface area contributed by atoms with Crippen molar-refractivity contribution >= 4 is 26.7 Å². The maximum Gasteiger partial charge on any atom is 0.123 e. The van der Waals surface area contributed by atoms with Gasteiger partial charge in [-0.2, -0.15) is 0 Å². The number of rotatable bonds is 8. The van der Waals surface area contributed by atoms with E-state index in [0.29, 0.717) is 0 Å². The summed E-state index contributed by atoms with van der Waals surface area (Å²) in [6, 6.07) is 6.03. The number of halogens is 1. The Balaban J connectivity index is 2.60. The lowest BCUT2D eigenvalue weighted by Crippen LogP contribution is -2.27. The van der Waals surface area contributed by atoms with Crippen LogP contribution in [-0.4, -0.2) is 28.9 Å². The molecule has 0 aliphatic carbocycles. The first-order valence-corrected chi connectivity index (χ1v) is 8.90. The molecule has 0 spiro atoms. The topological polar surface area (TPSA) is 38.3 Å². The lowest BCUT2D eigenvalue weighted by molar-refractivity contribution is 0.313. The average Bonchev–Trinajstić information content (AvgIpc) is 2.37. The predicted molar refractivity (Wildman–Crippen MR) is 85.2 cm³/mol. The summed E-state index contributed by atoms with van der Waals surface area (Å²) in [6.45, 7) is 6.26. The van der Waals surface area contributed by atoms with Gasteiger partial charge in [-0.05, 0) is 31.5 Å². The maximum absolute atomic E-state index is 11.3. The molecule has 1 aromatic carbocycles. The van der Waals surface area contributed by atoms with E-state index in [1.54, 1.807) is 6.26 Å². The Morgan fingerprint density at radius 2 is 2.21 bits per heavy atom. The Kier molecular flexibility index (Phi) is 7.64. The highest BCUT2D eigenvalue weighted by Gasteiger charge is 2.08.